The Morgan fingerprint density at radius 2 is 2.09 bits per heavy atom. The molecule has 4 heteroatoms. The van der Waals surface area contributed by atoms with E-state index in [-0.39, 0.29) is 12.4 Å². The van der Waals surface area contributed by atoms with E-state index in [4.69, 9.17) is 0 Å². The van der Waals surface area contributed by atoms with Gasteiger partial charge in [-0.05, 0) is 0 Å². The molecule has 0 aliphatic carbocycles. The van der Waals surface area contributed by atoms with Crippen molar-refractivity contribution in [3.8, 4) is 0 Å². The van der Waals surface area contributed by atoms with Crippen molar-refractivity contribution in [2.75, 3.05) is 26.2 Å². The normalized spacial score (nSPS) is 29.1. The van der Waals surface area contributed by atoms with E-state index in [9.17, 15) is 0 Å². The van der Waals surface area contributed by atoms with Crippen LogP contribution >= 0.6 is 0 Å². The molecule has 2 aliphatic rings. The number of hydrogen-bond donors (Lipinski definition) is 2. The monoisotopic (exact) mass is 175 g/mol. The summed E-state index contributed by atoms with van der Waals surface area (Å²) in [6.07, 6.45) is 2.56. The van der Waals surface area contributed by atoms with Gasteiger partial charge in [0.25, 0.3) is 5.96 Å². The Bertz CT molecular complexity index is 158. The number of nitrogens with one attached hydrogen (secondary N) is 2. The van der Waals surface area contributed by atoms with Crippen molar-refractivity contribution in [1.82, 2.24) is 5.32 Å². The van der Waals surface area contributed by atoms with Crippen LogP contribution in [0.1, 0.15) is 12.8 Å². The van der Waals surface area contributed by atoms with E-state index in [1.807, 2.05) is 0 Å². The van der Waals surface area contributed by atoms with E-state index in [2.05, 4.69) is 10.3 Å². The second-order valence-electron chi connectivity index (χ2n) is 2.97. The molecule has 0 spiro atoms. The maximum absolute atomic E-state index is 4.42. The molecule has 0 amide bonds. The number of guanidine groups is 1. The maximum atomic E-state index is 4.42. The highest BCUT2D eigenvalue weighted by molar-refractivity contribution is 5.71. The SMILES string of the molecule is C1CN=C2NCCC[NH+]2C1.[Cl-]. The molecule has 1 saturated heterocycles. The van der Waals surface area contributed by atoms with Gasteiger partial charge in [0, 0.05) is 19.4 Å². The van der Waals surface area contributed by atoms with Crippen LogP contribution in [0, 0.1) is 0 Å². The first-order valence-electron chi connectivity index (χ1n) is 4.10. The van der Waals surface area contributed by atoms with Crippen LogP contribution in [0.3, 0.4) is 0 Å². The summed E-state index contributed by atoms with van der Waals surface area (Å²) in [5.41, 5.74) is 0. The van der Waals surface area contributed by atoms with Gasteiger partial charge in [0.1, 0.15) is 0 Å². The van der Waals surface area contributed by atoms with Crippen LogP contribution in [0.5, 0.6) is 0 Å². The average molecular weight is 176 g/mol. The first-order valence-corrected chi connectivity index (χ1v) is 4.10. The number of fused-ring (bicyclic) bond motifs is 1. The number of halogens is 1. The Balaban J connectivity index is 0.000000605. The van der Waals surface area contributed by atoms with Crippen LogP contribution in [0.25, 0.3) is 0 Å². The highest BCUT2D eigenvalue weighted by atomic mass is 35.5. The molecule has 0 bridgehead atoms. The molecule has 1 atom stereocenters. The zero-order chi connectivity index (χ0) is 6.81. The second kappa shape index (κ2) is 3.93. The summed E-state index contributed by atoms with van der Waals surface area (Å²) < 4.78 is 0. The summed E-state index contributed by atoms with van der Waals surface area (Å²) in [6.45, 7) is 4.73. The molecule has 2 N–H and O–H groups in total. The van der Waals surface area contributed by atoms with Crippen LogP contribution in [0.2, 0.25) is 0 Å². The van der Waals surface area contributed by atoms with E-state index in [0.717, 1.165) is 13.1 Å². The summed E-state index contributed by atoms with van der Waals surface area (Å²) in [7, 11) is 0. The van der Waals surface area contributed by atoms with Gasteiger partial charge in [-0.1, -0.05) is 0 Å². The summed E-state index contributed by atoms with van der Waals surface area (Å²) >= 11 is 0. The van der Waals surface area contributed by atoms with Crippen LogP contribution < -0.4 is 22.6 Å². The highest BCUT2D eigenvalue weighted by Crippen LogP contribution is 1.87. The molecular formula is C7H14ClN3. The molecule has 3 nitrogen and oxygen atoms in total. The topological polar surface area (TPSA) is 28.8 Å². The molecule has 0 radical (unpaired) electrons. The molecule has 0 aromatic heterocycles. The Kier molecular flexibility index (Phi) is 3.15. The van der Waals surface area contributed by atoms with E-state index < -0.39 is 0 Å². The minimum Gasteiger partial charge on any atom is -1.00 e. The van der Waals surface area contributed by atoms with Gasteiger partial charge in [0.15, 0.2) is 0 Å². The van der Waals surface area contributed by atoms with E-state index in [1.165, 1.54) is 31.9 Å². The van der Waals surface area contributed by atoms with Gasteiger partial charge in [0.2, 0.25) is 0 Å². The van der Waals surface area contributed by atoms with Crippen molar-refractivity contribution in [2.45, 2.75) is 12.8 Å². The number of rotatable bonds is 0. The van der Waals surface area contributed by atoms with Gasteiger partial charge in [-0.25, -0.2) is 4.99 Å². The van der Waals surface area contributed by atoms with Gasteiger partial charge in [-0.2, -0.15) is 0 Å². The first kappa shape index (κ1) is 8.81. The molecule has 64 valence electrons. The summed E-state index contributed by atoms with van der Waals surface area (Å²) in [4.78, 5) is 5.99. The fourth-order valence-electron chi connectivity index (χ4n) is 1.65. The van der Waals surface area contributed by atoms with Gasteiger partial charge >= 0.3 is 0 Å². The Hall–Kier alpha value is -0.280. The molecule has 0 aromatic rings. The first-order chi connectivity index (χ1) is 4.97. The van der Waals surface area contributed by atoms with E-state index in [1.54, 1.807) is 4.90 Å². The third kappa shape index (κ3) is 1.84. The van der Waals surface area contributed by atoms with Crippen LogP contribution in [-0.4, -0.2) is 32.1 Å². The molecule has 2 aliphatic heterocycles. The van der Waals surface area contributed by atoms with Crippen LogP contribution in [0.15, 0.2) is 4.99 Å². The van der Waals surface area contributed by atoms with E-state index in [0.29, 0.717) is 0 Å². The predicted octanol–water partition coefficient (Wildman–Crippen LogP) is -4.37. The van der Waals surface area contributed by atoms with Crippen LogP contribution in [0.4, 0.5) is 0 Å². The molecular weight excluding hydrogens is 162 g/mol. The van der Waals surface area contributed by atoms with Crippen molar-refractivity contribution < 1.29 is 17.3 Å². The number of nitrogens with zero attached hydrogens (tertiary/aromatic N) is 1. The van der Waals surface area contributed by atoms with Crippen molar-refractivity contribution in [3.05, 3.63) is 0 Å². The number of hydrogen-bond acceptors (Lipinski definition) is 2. The van der Waals surface area contributed by atoms with Crippen molar-refractivity contribution in [2.24, 2.45) is 4.99 Å². The maximum Gasteiger partial charge on any atom is 0.295 e. The van der Waals surface area contributed by atoms with Gasteiger partial charge in [-0.3, -0.25) is 4.90 Å². The highest BCUT2D eigenvalue weighted by Gasteiger charge is 2.23. The second-order valence-corrected chi connectivity index (χ2v) is 2.97. The Morgan fingerprint density at radius 3 is 2.91 bits per heavy atom. The van der Waals surface area contributed by atoms with Crippen LogP contribution in [-0.2, 0) is 0 Å². The summed E-state index contributed by atoms with van der Waals surface area (Å²) in [5, 5.41) is 3.33. The third-order valence-corrected chi connectivity index (χ3v) is 2.19. The van der Waals surface area contributed by atoms with Gasteiger partial charge < -0.3 is 17.7 Å². The lowest BCUT2D eigenvalue weighted by Crippen LogP contribution is -3.18. The predicted molar refractivity (Wildman–Crippen MR) is 40.2 cm³/mol. The zero-order valence-electron chi connectivity index (χ0n) is 6.57. The largest absolute Gasteiger partial charge is 1.00 e. The average Bonchev–Trinajstić information content (AvgIpc) is 2.05. The smallest absolute Gasteiger partial charge is 0.295 e. The molecule has 1 unspecified atom stereocenters. The molecule has 0 aromatic carbocycles. The molecule has 11 heavy (non-hydrogen) atoms. The molecule has 2 heterocycles. The minimum atomic E-state index is 0. The standard InChI is InChI=1S/C7H13N3.ClH/c1-3-8-7-9-4-2-6-10(7)5-1;/h1-6H2,(H,8,9);1H. The van der Waals surface area contributed by atoms with Crippen molar-refractivity contribution >= 4 is 5.96 Å². The Labute approximate surface area is 73.3 Å². The fraction of sp³-hybridized carbons (Fsp3) is 0.857. The number of aliphatic imine (C=N–C) groups is 1. The molecule has 1 fully saturated rings. The molecule has 0 saturated carbocycles. The molecule has 2 rings (SSSR count). The quantitative estimate of drug-likeness (QED) is 0.383. The van der Waals surface area contributed by atoms with Crippen molar-refractivity contribution in [1.29, 1.82) is 0 Å². The minimum absolute atomic E-state index is 0. The Morgan fingerprint density at radius 1 is 1.27 bits per heavy atom. The fourth-order valence-corrected chi connectivity index (χ4v) is 1.65. The third-order valence-electron chi connectivity index (χ3n) is 2.19. The lowest BCUT2D eigenvalue weighted by atomic mass is 10.2. The number of quaternary nitrogens is 1. The van der Waals surface area contributed by atoms with Gasteiger partial charge in [-0.15, -0.1) is 0 Å². The van der Waals surface area contributed by atoms with Gasteiger partial charge in [0.05, 0.1) is 19.6 Å². The zero-order valence-corrected chi connectivity index (χ0v) is 7.32. The van der Waals surface area contributed by atoms with Crippen molar-refractivity contribution in [3.63, 3.8) is 0 Å². The van der Waals surface area contributed by atoms with E-state index >= 15 is 0 Å². The lowest BCUT2D eigenvalue weighted by Gasteiger charge is -2.27. The summed E-state index contributed by atoms with van der Waals surface area (Å²) in [5.74, 6) is 1.22. The lowest BCUT2D eigenvalue weighted by molar-refractivity contribution is -0.814. The summed E-state index contributed by atoms with van der Waals surface area (Å²) in [6, 6.07) is 0.